The highest BCUT2D eigenvalue weighted by atomic mass is 16.5. The topological polar surface area (TPSA) is 113 Å². The number of aryl methyl sites for hydroxylation is 1. The predicted molar refractivity (Wildman–Crippen MR) is 79.6 cm³/mol. The molecule has 24 heavy (non-hydrogen) atoms. The maximum Gasteiger partial charge on any atom is 0.291 e. The Balaban J connectivity index is 1.39. The van der Waals surface area contributed by atoms with Crippen molar-refractivity contribution in [2.45, 2.75) is 19.3 Å². The van der Waals surface area contributed by atoms with Gasteiger partial charge in [-0.3, -0.25) is 9.48 Å². The number of hydrogen-bond donors (Lipinski definition) is 1. The van der Waals surface area contributed by atoms with E-state index < -0.39 is 0 Å². The molecular formula is C14H15N7O3. The number of amides is 1. The van der Waals surface area contributed by atoms with E-state index >= 15 is 0 Å². The van der Waals surface area contributed by atoms with E-state index in [-0.39, 0.29) is 17.8 Å². The Kier molecular flexibility index (Phi) is 3.58. The summed E-state index contributed by atoms with van der Waals surface area (Å²) in [6, 6.07) is 1.83. The summed E-state index contributed by atoms with van der Waals surface area (Å²) in [6.45, 7) is 1.23. The quantitative estimate of drug-likeness (QED) is 0.716. The molecule has 0 saturated heterocycles. The first-order valence-electron chi connectivity index (χ1n) is 7.41. The van der Waals surface area contributed by atoms with Crippen LogP contribution in [0.25, 0.3) is 11.3 Å². The molecule has 10 nitrogen and oxygen atoms in total. The number of hydrogen-bond acceptors (Lipinski definition) is 7. The number of carbonyl (C=O) groups excluding carboxylic acids is 1. The standard InChI is InChI=1S/C14H15N7O3/c1-20-8-16-13(18-20)14(22)15-4-10-5-21-11(7-24-10)12(17-19-21)9-2-3-23-6-9/h2-3,6,8,10H,4-5,7H2,1H3,(H,15,22). The molecule has 0 bridgehead atoms. The average Bonchev–Trinajstić information content (AvgIpc) is 3.31. The van der Waals surface area contributed by atoms with Gasteiger partial charge >= 0.3 is 0 Å². The van der Waals surface area contributed by atoms with Crippen LogP contribution in [0.4, 0.5) is 0 Å². The number of rotatable bonds is 4. The van der Waals surface area contributed by atoms with Gasteiger partial charge in [0.1, 0.15) is 12.0 Å². The van der Waals surface area contributed by atoms with Crippen LogP contribution in [0.1, 0.15) is 16.3 Å². The summed E-state index contributed by atoms with van der Waals surface area (Å²) in [4.78, 5) is 15.9. The molecule has 0 saturated carbocycles. The number of carbonyl (C=O) groups is 1. The third-order valence-electron chi connectivity index (χ3n) is 3.76. The minimum atomic E-state index is -0.331. The summed E-state index contributed by atoms with van der Waals surface area (Å²) >= 11 is 0. The lowest BCUT2D eigenvalue weighted by molar-refractivity contribution is 0.00171. The molecule has 0 fully saturated rings. The van der Waals surface area contributed by atoms with Gasteiger partial charge in [-0.05, 0) is 6.07 Å². The molecule has 1 aliphatic heterocycles. The van der Waals surface area contributed by atoms with Gasteiger partial charge in [0.05, 0.1) is 37.5 Å². The molecule has 1 N–H and O–H groups in total. The second-order valence-corrected chi connectivity index (χ2v) is 5.46. The molecule has 3 aromatic heterocycles. The van der Waals surface area contributed by atoms with Gasteiger partial charge in [-0.15, -0.1) is 10.2 Å². The van der Waals surface area contributed by atoms with E-state index in [9.17, 15) is 4.79 Å². The molecule has 0 radical (unpaired) electrons. The van der Waals surface area contributed by atoms with Crippen molar-refractivity contribution >= 4 is 5.91 Å². The number of ether oxygens (including phenoxy) is 1. The van der Waals surface area contributed by atoms with Gasteiger partial charge < -0.3 is 14.5 Å². The molecule has 1 atom stereocenters. The molecule has 0 spiro atoms. The highest BCUT2D eigenvalue weighted by Crippen LogP contribution is 2.25. The van der Waals surface area contributed by atoms with Gasteiger partial charge in [-0.1, -0.05) is 5.21 Å². The van der Waals surface area contributed by atoms with Crippen molar-refractivity contribution in [2.75, 3.05) is 6.54 Å². The Bertz CT molecular complexity index is 852. The van der Waals surface area contributed by atoms with Crippen LogP contribution >= 0.6 is 0 Å². The van der Waals surface area contributed by atoms with Crippen LogP contribution in [-0.2, 0) is 24.9 Å². The van der Waals surface area contributed by atoms with Gasteiger partial charge in [-0.2, -0.15) is 0 Å². The van der Waals surface area contributed by atoms with Gasteiger partial charge in [0.15, 0.2) is 0 Å². The third kappa shape index (κ3) is 2.67. The lowest BCUT2D eigenvalue weighted by Gasteiger charge is -2.24. The summed E-state index contributed by atoms with van der Waals surface area (Å²) in [5.74, 6) is -0.195. The monoisotopic (exact) mass is 329 g/mol. The minimum Gasteiger partial charge on any atom is -0.472 e. The van der Waals surface area contributed by atoms with Crippen molar-refractivity contribution in [1.82, 2.24) is 35.1 Å². The van der Waals surface area contributed by atoms with Crippen LogP contribution < -0.4 is 5.32 Å². The molecule has 1 amide bonds. The minimum absolute atomic E-state index is 0.136. The lowest BCUT2D eigenvalue weighted by atomic mass is 10.2. The Morgan fingerprint density at radius 3 is 3.17 bits per heavy atom. The molecule has 0 aliphatic carbocycles. The van der Waals surface area contributed by atoms with Crippen LogP contribution in [0.15, 0.2) is 29.3 Å². The average molecular weight is 329 g/mol. The fraction of sp³-hybridized carbons (Fsp3) is 0.357. The highest BCUT2D eigenvalue weighted by Gasteiger charge is 2.25. The smallest absolute Gasteiger partial charge is 0.291 e. The van der Waals surface area contributed by atoms with Gasteiger partial charge in [0.25, 0.3) is 5.91 Å². The van der Waals surface area contributed by atoms with E-state index in [1.165, 1.54) is 11.0 Å². The first-order chi connectivity index (χ1) is 11.7. The Morgan fingerprint density at radius 2 is 2.42 bits per heavy atom. The molecule has 1 aliphatic rings. The van der Waals surface area contributed by atoms with E-state index in [4.69, 9.17) is 9.15 Å². The first-order valence-corrected chi connectivity index (χ1v) is 7.41. The van der Waals surface area contributed by atoms with Gasteiger partial charge in [0, 0.05) is 19.2 Å². The van der Waals surface area contributed by atoms with Crippen LogP contribution in [0.3, 0.4) is 0 Å². The molecule has 4 heterocycles. The molecular weight excluding hydrogens is 314 g/mol. The summed E-state index contributed by atoms with van der Waals surface area (Å²) in [7, 11) is 1.71. The van der Waals surface area contributed by atoms with E-state index in [0.29, 0.717) is 19.7 Å². The zero-order valence-electron chi connectivity index (χ0n) is 12.9. The van der Waals surface area contributed by atoms with Crippen LogP contribution in [0.5, 0.6) is 0 Å². The van der Waals surface area contributed by atoms with Crippen LogP contribution in [0, 0.1) is 0 Å². The SMILES string of the molecule is Cn1cnc(C(=O)NCC2Cn3nnc(-c4ccoc4)c3CO2)n1. The molecule has 0 aromatic carbocycles. The molecule has 4 rings (SSSR count). The fourth-order valence-electron chi connectivity index (χ4n) is 2.54. The number of aromatic nitrogens is 6. The second-order valence-electron chi connectivity index (χ2n) is 5.46. The van der Waals surface area contributed by atoms with E-state index in [2.05, 4.69) is 25.7 Å². The summed E-state index contributed by atoms with van der Waals surface area (Å²) in [5.41, 5.74) is 2.52. The highest BCUT2D eigenvalue weighted by molar-refractivity contribution is 5.90. The number of fused-ring (bicyclic) bond motifs is 1. The maximum absolute atomic E-state index is 12.0. The van der Waals surface area contributed by atoms with Crippen molar-refractivity contribution < 1.29 is 13.9 Å². The van der Waals surface area contributed by atoms with Crippen LogP contribution in [-0.4, -0.2) is 48.3 Å². The summed E-state index contributed by atoms with van der Waals surface area (Å²) in [5, 5.41) is 15.1. The summed E-state index contributed by atoms with van der Waals surface area (Å²) in [6.07, 6.45) is 4.50. The zero-order chi connectivity index (χ0) is 16.5. The van der Waals surface area contributed by atoms with Gasteiger partial charge in [0.2, 0.25) is 5.82 Å². The molecule has 10 heteroatoms. The van der Waals surface area contributed by atoms with E-state index in [1.807, 2.05) is 6.07 Å². The van der Waals surface area contributed by atoms with Crippen molar-refractivity contribution in [3.8, 4) is 11.3 Å². The third-order valence-corrected chi connectivity index (χ3v) is 3.76. The van der Waals surface area contributed by atoms with E-state index in [1.54, 1.807) is 24.3 Å². The first kappa shape index (κ1) is 14.6. The van der Waals surface area contributed by atoms with Crippen molar-refractivity contribution in [3.63, 3.8) is 0 Å². The maximum atomic E-state index is 12.0. The largest absolute Gasteiger partial charge is 0.472 e. The van der Waals surface area contributed by atoms with Crippen molar-refractivity contribution in [2.24, 2.45) is 7.05 Å². The predicted octanol–water partition coefficient (Wildman–Crippen LogP) is -0.00460. The Hall–Kier alpha value is -3.01. The summed E-state index contributed by atoms with van der Waals surface area (Å²) < 4.78 is 14.2. The zero-order valence-corrected chi connectivity index (χ0v) is 12.9. The number of nitrogens with zero attached hydrogens (tertiary/aromatic N) is 6. The van der Waals surface area contributed by atoms with Crippen molar-refractivity contribution in [3.05, 3.63) is 36.4 Å². The van der Waals surface area contributed by atoms with Crippen LogP contribution in [0.2, 0.25) is 0 Å². The number of furan rings is 1. The second kappa shape index (κ2) is 5.89. The Morgan fingerprint density at radius 1 is 1.50 bits per heavy atom. The van der Waals surface area contributed by atoms with Gasteiger partial charge in [-0.25, -0.2) is 9.67 Å². The Labute approximate surface area is 136 Å². The fourth-order valence-corrected chi connectivity index (χ4v) is 2.54. The molecule has 3 aromatic rings. The normalized spacial score (nSPS) is 16.8. The lowest BCUT2D eigenvalue weighted by Crippen LogP contribution is -2.39. The number of nitrogens with one attached hydrogen (secondary N) is 1. The van der Waals surface area contributed by atoms with Crippen molar-refractivity contribution in [1.29, 1.82) is 0 Å². The molecule has 124 valence electrons. The van der Waals surface area contributed by atoms with E-state index in [0.717, 1.165) is 17.0 Å². The molecule has 1 unspecified atom stereocenters.